The lowest BCUT2D eigenvalue weighted by atomic mass is 10.1. The van der Waals surface area contributed by atoms with Gasteiger partial charge in [-0.3, -0.25) is 4.79 Å². The Morgan fingerprint density at radius 2 is 1.96 bits per heavy atom. The maximum atomic E-state index is 13.6. The quantitative estimate of drug-likeness (QED) is 0.735. The Bertz CT molecular complexity index is 604. The summed E-state index contributed by atoms with van der Waals surface area (Å²) in [4.78, 5) is 22.9. The van der Waals surface area contributed by atoms with Crippen molar-refractivity contribution in [2.24, 2.45) is 0 Å². The van der Waals surface area contributed by atoms with Crippen molar-refractivity contribution in [1.82, 2.24) is 16.0 Å². The lowest BCUT2D eigenvalue weighted by Crippen LogP contribution is -2.44. The molecule has 0 spiro atoms. The van der Waals surface area contributed by atoms with Crippen LogP contribution in [0, 0.1) is 5.82 Å². The van der Waals surface area contributed by atoms with Gasteiger partial charge in [0.1, 0.15) is 12.4 Å². The van der Waals surface area contributed by atoms with Crippen LogP contribution in [0.25, 0.3) is 0 Å². The summed E-state index contributed by atoms with van der Waals surface area (Å²) in [5, 5.41) is 6.38. The van der Waals surface area contributed by atoms with Gasteiger partial charge in [0.15, 0.2) is 0 Å². The minimum absolute atomic E-state index is 0.335. The first-order valence-electron chi connectivity index (χ1n) is 6.91. The third kappa shape index (κ3) is 4.83. The Labute approximate surface area is 129 Å². The third-order valence-corrected chi connectivity index (χ3v) is 3.41. The first kappa shape index (κ1) is 17.0. The molecule has 23 heavy (non-hydrogen) atoms. The highest BCUT2D eigenvalue weighted by Crippen LogP contribution is 2.32. The van der Waals surface area contributed by atoms with E-state index in [4.69, 9.17) is 0 Å². The molecule has 1 aromatic carbocycles. The minimum Gasteiger partial charge on any atom is -0.345 e. The van der Waals surface area contributed by atoms with Crippen molar-refractivity contribution >= 4 is 11.9 Å². The molecular formula is C14H15F4N3O2. The molecule has 3 amide bonds. The predicted molar refractivity (Wildman–Crippen MR) is 73.1 cm³/mol. The van der Waals surface area contributed by atoms with Crippen LogP contribution in [0.3, 0.4) is 0 Å². The van der Waals surface area contributed by atoms with Gasteiger partial charge in [-0.05, 0) is 30.0 Å². The Morgan fingerprint density at radius 3 is 2.65 bits per heavy atom. The Hall–Kier alpha value is -2.32. The van der Waals surface area contributed by atoms with E-state index in [9.17, 15) is 27.2 Å². The Morgan fingerprint density at radius 1 is 1.22 bits per heavy atom. The number of alkyl halides is 3. The molecule has 1 aliphatic rings. The first-order valence-corrected chi connectivity index (χ1v) is 6.91. The second kappa shape index (κ2) is 6.84. The van der Waals surface area contributed by atoms with Crippen molar-refractivity contribution in [3.05, 3.63) is 35.1 Å². The first-order chi connectivity index (χ1) is 10.8. The zero-order valence-electron chi connectivity index (χ0n) is 12.0. The lowest BCUT2D eigenvalue weighted by molar-refractivity contribution is -0.137. The van der Waals surface area contributed by atoms with Crippen LogP contribution in [0.4, 0.5) is 22.4 Å². The molecule has 0 heterocycles. The number of amides is 3. The fourth-order valence-corrected chi connectivity index (χ4v) is 2.39. The zero-order chi connectivity index (χ0) is 17.0. The monoisotopic (exact) mass is 333 g/mol. The molecule has 0 unspecified atom stereocenters. The van der Waals surface area contributed by atoms with Gasteiger partial charge < -0.3 is 16.0 Å². The van der Waals surface area contributed by atoms with Crippen LogP contribution in [0.1, 0.15) is 23.6 Å². The van der Waals surface area contributed by atoms with Crippen LogP contribution in [0.15, 0.2) is 18.2 Å². The van der Waals surface area contributed by atoms with Gasteiger partial charge in [-0.15, -0.1) is 0 Å². The molecular weight excluding hydrogens is 318 g/mol. The summed E-state index contributed by atoms with van der Waals surface area (Å²) in [5.41, 5.74) is 1.21. The summed E-state index contributed by atoms with van der Waals surface area (Å²) in [6.07, 6.45) is -3.50. The average molecular weight is 333 g/mol. The molecule has 0 fully saturated rings. The van der Waals surface area contributed by atoms with E-state index in [1.54, 1.807) is 11.4 Å². The Balaban J connectivity index is 1.79. The van der Waals surface area contributed by atoms with Crippen LogP contribution in [0.2, 0.25) is 0 Å². The van der Waals surface area contributed by atoms with Gasteiger partial charge in [-0.2, -0.15) is 13.2 Å². The molecule has 1 aromatic rings. The standard InChI is InChI=1S/C14H15F4N3O2/c15-10-3-1-2-9-8(10)4-5-11(9)21-13(23)19-6-12(22)20-7-14(16,17)18/h1-3,11H,4-7H2,(H,20,22)(H2,19,21,23)/t11-/m0/s1. The van der Waals surface area contributed by atoms with Crippen LogP contribution in [-0.4, -0.2) is 31.2 Å². The predicted octanol–water partition coefficient (Wildman–Crippen LogP) is 1.79. The lowest BCUT2D eigenvalue weighted by Gasteiger charge is -2.15. The maximum absolute atomic E-state index is 13.6. The molecule has 3 N–H and O–H groups in total. The van der Waals surface area contributed by atoms with Crippen molar-refractivity contribution < 1.29 is 27.2 Å². The maximum Gasteiger partial charge on any atom is 0.405 e. The van der Waals surface area contributed by atoms with Gasteiger partial charge in [0.2, 0.25) is 5.91 Å². The van der Waals surface area contributed by atoms with E-state index in [2.05, 4.69) is 10.6 Å². The number of carbonyl (C=O) groups is 2. The number of fused-ring (bicyclic) bond motifs is 1. The summed E-state index contributed by atoms with van der Waals surface area (Å²) < 4.78 is 49.3. The van der Waals surface area contributed by atoms with E-state index in [1.807, 2.05) is 0 Å². The SMILES string of the molecule is O=C(CNC(=O)N[C@H]1CCc2c(F)cccc21)NCC(F)(F)F. The second-order valence-corrected chi connectivity index (χ2v) is 5.12. The van der Waals surface area contributed by atoms with Crippen LogP contribution >= 0.6 is 0 Å². The molecule has 0 saturated carbocycles. The smallest absolute Gasteiger partial charge is 0.345 e. The highest BCUT2D eigenvalue weighted by Gasteiger charge is 2.28. The van der Waals surface area contributed by atoms with Crippen LogP contribution in [0.5, 0.6) is 0 Å². The topological polar surface area (TPSA) is 70.2 Å². The van der Waals surface area contributed by atoms with Crippen molar-refractivity contribution in [3.63, 3.8) is 0 Å². The van der Waals surface area contributed by atoms with E-state index in [-0.39, 0.29) is 11.9 Å². The van der Waals surface area contributed by atoms with Gasteiger partial charge in [0.25, 0.3) is 0 Å². The number of urea groups is 1. The molecule has 0 aromatic heterocycles. The largest absolute Gasteiger partial charge is 0.405 e. The summed E-state index contributed by atoms with van der Waals surface area (Å²) in [5.74, 6) is -1.28. The van der Waals surface area contributed by atoms with Gasteiger partial charge >= 0.3 is 12.2 Å². The molecule has 0 aliphatic heterocycles. The summed E-state index contributed by atoms with van der Waals surface area (Å²) in [6.45, 7) is -2.03. The van der Waals surface area contributed by atoms with Gasteiger partial charge in [0, 0.05) is 0 Å². The number of nitrogens with one attached hydrogen (secondary N) is 3. The Kier molecular flexibility index (Phi) is 5.07. The van der Waals surface area contributed by atoms with E-state index >= 15 is 0 Å². The van der Waals surface area contributed by atoms with Crippen molar-refractivity contribution in [2.45, 2.75) is 25.1 Å². The van der Waals surface area contributed by atoms with Gasteiger partial charge in [-0.25, -0.2) is 9.18 Å². The highest BCUT2D eigenvalue weighted by atomic mass is 19.4. The molecule has 1 aliphatic carbocycles. The third-order valence-electron chi connectivity index (χ3n) is 3.41. The second-order valence-electron chi connectivity index (χ2n) is 5.12. The van der Waals surface area contributed by atoms with Gasteiger partial charge in [0.05, 0.1) is 12.6 Å². The van der Waals surface area contributed by atoms with Gasteiger partial charge in [-0.1, -0.05) is 12.1 Å². The number of halogens is 4. The highest BCUT2D eigenvalue weighted by molar-refractivity contribution is 5.84. The number of hydrogen-bond donors (Lipinski definition) is 3. The molecule has 126 valence electrons. The molecule has 9 heteroatoms. The molecule has 5 nitrogen and oxygen atoms in total. The summed E-state index contributed by atoms with van der Waals surface area (Å²) >= 11 is 0. The minimum atomic E-state index is -4.50. The number of hydrogen-bond acceptors (Lipinski definition) is 2. The van der Waals surface area contributed by atoms with Crippen molar-refractivity contribution in [3.8, 4) is 0 Å². The number of benzene rings is 1. The molecule has 2 rings (SSSR count). The number of rotatable bonds is 4. The van der Waals surface area contributed by atoms with E-state index in [1.165, 1.54) is 12.1 Å². The molecule has 0 bridgehead atoms. The van der Waals surface area contributed by atoms with E-state index < -0.39 is 31.2 Å². The van der Waals surface area contributed by atoms with E-state index in [0.717, 1.165) is 0 Å². The van der Waals surface area contributed by atoms with Crippen LogP contribution in [-0.2, 0) is 11.2 Å². The van der Waals surface area contributed by atoms with Crippen molar-refractivity contribution in [2.75, 3.05) is 13.1 Å². The average Bonchev–Trinajstić information content (AvgIpc) is 2.87. The molecule has 1 atom stereocenters. The van der Waals surface area contributed by atoms with E-state index in [0.29, 0.717) is 24.0 Å². The van der Waals surface area contributed by atoms with Crippen LogP contribution < -0.4 is 16.0 Å². The normalized spacial score (nSPS) is 16.6. The fraction of sp³-hybridized carbons (Fsp3) is 0.429. The molecule has 0 saturated heterocycles. The summed E-state index contributed by atoms with van der Waals surface area (Å²) in [7, 11) is 0. The zero-order valence-corrected chi connectivity index (χ0v) is 12.0. The van der Waals surface area contributed by atoms with Crippen molar-refractivity contribution in [1.29, 1.82) is 0 Å². The summed E-state index contributed by atoms with van der Waals surface area (Å²) in [6, 6.07) is 3.49. The number of carbonyl (C=O) groups excluding carboxylic acids is 2. The fourth-order valence-electron chi connectivity index (χ4n) is 2.39. The molecule has 0 radical (unpaired) electrons.